The third-order valence-electron chi connectivity index (χ3n) is 1.86. The standard InChI is InChI=1S/C7H9ClN4O/c8-5-4-9-7(11-6(5)13)12-3-1-2-10-12/h4,10H,1-3H2,(H,9,11,13). The first-order valence-corrected chi connectivity index (χ1v) is 4.41. The molecule has 70 valence electrons. The highest BCUT2D eigenvalue weighted by Gasteiger charge is 2.13. The number of hydrazine groups is 1. The summed E-state index contributed by atoms with van der Waals surface area (Å²) in [5, 5.41) is 1.92. The number of aromatic amines is 1. The van der Waals surface area contributed by atoms with Gasteiger partial charge in [0.05, 0.1) is 6.20 Å². The number of anilines is 1. The van der Waals surface area contributed by atoms with E-state index in [0.717, 1.165) is 19.5 Å². The molecule has 13 heavy (non-hydrogen) atoms. The molecule has 1 aliphatic rings. The van der Waals surface area contributed by atoms with Crippen molar-refractivity contribution in [1.29, 1.82) is 0 Å². The molecule has 2 rings (SSSR count). The van der Waals surface area contributed by atoms with Crippen LogP contribution >= 0.6 is 11.6 Å². The van der Waals surface area contributed by atoms with Gasteiger partial charge < -0.3 is 0 Å². The van der Waals surface area contributed by atoms with Crippen molar-refractivity contribution in [1.82, 2.24) is 15.4 Å². The molecule has 1 fully saturated rings. The fraction of sp³-hybridized carbons (Fsp3) is 0.429. The minimum absolute atomic E-state index is 0.114. The molecule has 6 heteroatoms. The first-order valence-electron chi connectivity index (χ1n) is 4.03. The van der Waals surface area contributed by atoms with E-state index in [2.05, 4.69) is 15.4 Å². The Morgan fingerprint density at radius 2 is 2.46 bits per heavy atom. The fourth-order valence-corrected chi connectivity index (χ4v) is 1.31. The molecular weight excluding hydrogens is 192 g/mol. The summed E-state index contributed by atoms with van der Waals surface area (Å²) in [6.45, 7) is 1.76. The van der Waals surface area contributed by atoms with E-state index in [0.29, 0.717) is 5.95 Å². The number of hydrogen-bond donors (Lipinski definition) is 2. The largest absolute Gasteiger partial charge is 0.290 e. The third-order valence-corrected chi connectivity index (χ3v) is 2.13. The fourth-order valence-electron chi connectivity index (χ4n) is 1.22. The Bertz CT molecular complexity index is 358. The van der Waals surface area contributed by atoms with E-state index >= 15 is 0 Å². The predicted molar refractivity (Wildman–Crippen MR) is 49.8 cm³/mol. The van der Waals surface area contributed by atoms with Gasteiger partial charge >= 0.3 is 0 Å². The normalized spacial score (nSPS) is 16.5. The maximum absolute atomic E-state index is 11.1. The quantitative estimate of drug-likeness (QED) is 0.677. The second-order valence-corrected chi connectivity index (χ2v) is 3.20. The van der Waals surface area contributed by atoms with E-state index in [4.69, 9.17) is 11.6 Å². The molecule has 0 aromatic carbocycles. The molecule has 0 spiro atoms. The summed E-state index contributed by atoms with van der Waals surface area (Å²) >= 11 is 5.54. The van der Waals surface area contributed by atoms with E-state index < -0.39 is 0 Å². The lowest BCUT2D eigenvalue weighted by atomic mass is 10.5. The zero-order chi connectivity index (χ0) is 9.26. The molecule has 1 aliphatic heterocycles. The summed E-state index contributed by atoms with van der Waals surface area (Å²) in [4.78, 5) is 17.7. The molecule has 0 amide bonds. The Hall–Kier alpha value is -1.07. The number of H-pyrrole nitrogens is 1. The molecule has 1 aromatic heterocycles. The first kappa shape index (κ1) is 8.52. The van der Waals surface area contributed by atoms with Crippen LogP contribution in [0.1, 0.15) is 6.42 Å². The molecule has 0 saturated carbocycles. The Labute approximate surface area is 79.7 Å². The van der Waals surface area contributed by atoms with Crippen LogP contribution in [-0.2, 0) is 0 Å². The molecule has 0 aliphatic carbocycles. The third kappa shape index (κ3) is 1.66. The summed E-state index contributed by atoms with van der Waals surface area (Å²) in [5.74, 6) is 0.520. The van der Waals surface area contributed by atoms with Gasteiger partial charge in [-0.05, 0) is 6.42 Å². The van der Waals surface area contributed by atoms with Crippen LogP contribution in [0.2, 0.25) is 5.02 Å². The summed E-state index contributed by atoms with van der Waals surface area (Å²) in [5.41, 5.74) is 2.77. The lowest BCUT2D eigenvalue weighted by Crippen LogP contribution is -2.33. The van der Waals surface area contributed by atoms with Gasteiger partial charge in [0.25, 0.3) is 5.56 Å². The van der Waals surface area contributed by atoms with Crippen molar-refractivity contribution in [2.24, 2.45) is 0 Å². The summed E-state index contributed by atoms with van der Waals surface area (Å²) in [6.07, 6.45) is 2.40. The molecule has 0 unspecified atom stereocenters. The van der Waals surface area contributed by atoms with Crippen LogP contribution in [0.4, 0.5) is 5.95 Å². The van der Waals surface area contributed by atoms with Crippen molar-refractivity contribution >= 4 is 17.5 Å². The predicted octanol–water partition coefficient (Wildman–Crippen LogP) is 0.138. The van der Waals surface area contributed by atoms with E-state index in [-0.39, 0.29) is 10.6 Å². The Kier molecular flexibility index (Phi) is 2.20. The first-order chi connectivity index (χ1) is 6.27. The van der Waals surface area contributed by atoms with E-state index in [1.807, 2.05) is 0 Å². The van der Waals surface area contributed by atoms with Crippen LogP contribution in [0.15, 0.2) is 11.0 Å². The van der Waals surface area contributed by atoms with Gasteiger partial charge in [0.1, 0.15) is 5.02 Å². The highest BCUT2D eigenvalue weighted by molar-refractivity contribution is 6.30. The highest BCUT2D eigenvalue weighted by atomic mass is 35.5. The lowest BCUT2D eigenvalue weighted by Gasteiger charge is -2.14. The van der Waals surface area contributed by atoms with Crippen LogP contribution in [0.25, 0.3) is 0 Å². The van der Waals surface area contributed by atoms with Crippen molar-refractivity contribution in [2.75, 3.05) is 18.1 Å². The molecule has 5 nitrogen and oxygen atoms in total. The lowest BCUT2D eigenvalue weighted by molar-refractivity contribution is 0.753. The zero-order valence-electron chi connectivity index (χ0n) is 6.88. The molecular formula is C7H9ClN4O. The van der Waals surface area contributed by atoms with Crippen molar-refractivity contribution in [3.63, 3.8) is 0 Å². The average Bonchev–Trinajstić information content (AvgIpc) is 2.62. The molecule has 1 aromatic rings. The van der Waals surface area contributed by atoms with Crippen molar-refractivity contribution in [3.8, 4) is 0 Å². The molecule has 1 saturated heterocycles. The maximum Gasteiger partial charge on any atom is 0.271 e. The van der Waals surface area contributed by atoms with E-state index in [1.165, 1.54) is 6.20 Å². The Balaban J connectivity index is 2.30. The van der Waals surface area contributed by atoms with Gasteiger partial charge in [0, 0.05) is 13.1 Å². The second kappa shape index (κ2) is 3.35. The summed E-state index contributed by atoms with van der Waals surface area (Å²) in [6, 6.07) is 0. The smallest absolute Gasteiger partial charge is 0.271 e. The van der Waals surface area contributed by atoms with Gasteiger partial charge in [-0.2, -0.15) is 0 Å². The molecule has 0 atom stereocenters. The molecule has 0 bridgehead atoms. The highest BCUT2D eigenvalue weighted by Crippen LogP contribution is 2.07. The van der Waals surface area contributed by atoms with Crippen LogP contribution in [-0.4, -0.2) is 23.1 Å². The maximum atomic E-state index is 11.1. The number of nitrogens with zero attached hydrogens (tertiary/aromatic N) is 2. The van der Waals surface area contributed by atoms with Gasteiger partial charge in [-0.3, -0.25) is 14.8 Å². The zero-order valence-corrected chi connectivity index (χ0v) is 7.64. The SMILES string of the molecule is O=c1[nH]c(N2CCCN2)ncc1Cl. The minimum atomic E-state index is -0.305. The van der Waals surface area contributed by atoms with Crippen molar-refractivity contribution in [3.05, 3.63) is 21.6 Å². The van der Waals surface area contributed by atoms with Crippen LogP contribution in [0.3, 0.4) is 0 Å². The Morgan fingerprint density at radius 1 is 1.62 bits per heavy atom. The van der Waals surface area contributed by atoms with E-state index in [1.54, 1.807) is 5.01 Å². The number of halogens is 1. The summed E-state index contributed by atoms with van der Waals surface area (Å²) in [7, 11) is 0. The number of hydrogen-bond acceptors (Lipinski definition) is 4. The molecule has 2 N–H and O–H groups in total. The minimum Gasteiger partial charge on any atom is -0.290 e. The van der Waals surface area contributed by atoms with Crippen LogP contribution in [0, 0.1) is 0 Å². The van der Waals surface area contributed by atoms with Gasteiger partial charge in [-0.1, -0.05) is 11.6 Å². The molecule has 2 heterocycles. The Morgan fingerprint density at radius 3 is 3.08 bits per heavy atom. The van der Waals surface area contributed by atoms with Gasteiger partial charge in [-0.25, -0.2) is 10.4 Å². The number of rotatable bonds is 1. The molecule has 0 radical (unpaired) electrons. The monoisotopic (exact) mass is 200 g/mol. The average molecular weight is 201 g/mol. The van der Waals surface area contributed by atoms with Gasteiger partial charge in [-0.15, -0.1) is 0 Å². The van der Waals surface area contributed by atoms with Crippen molar-refractivity contribution in [2.45, 2.75) is 6.42 Å². The van der Waals surface area contributed by atoms with Crippen molar-refractivity contribution < 1.29 is 0 Å². The number of aromatic nitrogens is 2. The van der Waals surface area contributed by atoms with Crippen LogP contribution < -0.4 is 16.0 Å². The van der Waals surface area contributed by atoms with Gasteiger partial charge in [0.2, 0.25) is 5.95 Å². The van der Waals surface area contributed by atoms with E-state index in [9.17, 15) is 4.79 Å². The number of nitrogens with one attached hydrogen (secondary N) is 2. The second-order valence-electron chi connectivity index (χ2n) is 2.80. The topological polar surface area (TPSA) is 61.0 Å². The van der Waals surface area contributed by atoms with Gasteiger partial charge in [0.15, 0.2) is 0 Å². The summed E-state index contributed by atoms with van der Waals surface area (Å²) < 4.78 is 0. The van der Waals surface area contributed by atoms with Crippen LogP contribution in [0.5, 0.6) is 0 Å².